The van der Waals surface area contributed by atoms with Crippen molar-refractivity contribution in [3.05, 3.63) is 23.5 Å². The highest BCUT2D eigenvalue weighted by Gasteiger charge is 2.14. The van der Waals surface area contributed by atoms with Crippen molar-refractivity contribution in [3.63, 3.8) is 0 Å². The molecule has 0 unspecified atom stereocenters. The molecule has 0 aliphatic carbocycles. The largest absolute Gasteiger partial charge is 0.259 e. The van der Waals surface area contributed by atoms with Gasteiger partial charge in [0.1, 0.15) is 0 Å². The van der Waals surface area contributed by atoms with Crippen LogP contribution in [0.3, 0.4) is 0 Å². The van der Waals surface area contributed by atoms with Crippen LogP contribution >= 0.6 is 0 Å². The van der Waals surface area contributed by atoms with Crippen molar-refractivity contribution in [2.75, 3.05) is 0 Å². The minimum absolute atomic E-state index is 0.121. The highest BCUT2D eigenvalue weighted by Crippen LogP contribution is 2.23. The summed E-state index contributed by atoms with van der Waals surface area (Å²) < 4.78 is 0. The number of pyridine rings is 1. The van der Waals surface area contributed by atoms with Crippen LogP contribution in [0.5, 0.6) is 0 Å². The Hall–Kier alpha value is -1.18. The fraction of sp³-hybridized carbons (Fsp3) is 0.571. The normalized spacial score (nSPS) is 13.0. The van der Waals surface area contributed by atoms with Crippen LogP contribution in [0.15, 0.2) is 17.3 Å². The number of aliphatic imine (C=N–C) groups is 1. The molecule has 1 rings (SSSR count). The van der Waals surface area contributed by atoms with Crippen LogP contribution in [0.1, 0.15) is 45.9 Å². The minimum atomic E-state index is 0.121. The lowest BCUT2D eigenvalue weighted by atomic mass is 9.91. The molecular weight excluding hydrogens is 196 g/mol. The molecule has 0 radical (unpaired) electrons. The molecule has 0 N–H and O–H groups in total. The number of hydrogen-bond donors (Lipinski definition) is 0. The van der Waals surface area contributed by atoms with Gasteiger partial charge in [-0.1, -0.05) is 27.7 Å². The van der Waals surface area contributed by atoms with Crippen LogP contribution in [-0.4, -0.2) is 10.7 Å². The van der Waals surface area contributed by atoms with Crippen LogP contribution in [0, 0.1) is 12.3 Å². The SMILES string of the molecule is CCc1cc(C)c(/N=C(\C)C(C)(C)C)cn1. The van der Waals surface area contributed by atoms with Crippen molar-refractivity contribution >= 4 is 11.4 Å². The third kappa shape index (κ3) is 3.16. The van der Waals surface area contributed by atoms with Gasteiger partial charge in [0.2, 0.25) is 0 Å². The molecule has 0 atom stereocenters. The Morgan fingerprint density at radius 1 is 1.38 bits per heavy atom. The highest BCUT2D eigenvalue weighted by atomic mass is 14.8. The topological polar surface area (TPSA) is 25.2 Å². The third-order valence-electron chi connectivity index (χ3n) is 2.88. The molecule has 0 bridgehead atoms. The summed E-state index contributed by atoms with van der Waals surface area (Å²) in [6.07, 6.45) is 2.85. The average molecular weight is 218 g/mol. The molecule has 1 aromatic heterocycles. The molecular formula is C14H22N2. The molecule has 1 aromatic rings. The second kappa shape index (κ2) is 4.77. The van der Waals surface area contributed by atoms with E-state index in [4.69, 9.17) is 0 Å². The van der Waals surface area contributed by atoms with Crippen LogP contribution in [-0.2, 0) is 6.42 Å². The van der Waals surface area contributed by atoms with E-state index < -0.39 is 0 Å². The van der Waals surface area contributed by atoms with Gasteiger partial charge in [-0.25, -0.2) is 0 Å². The molecule has 0 amide bonds. The van der Waals surface area contributed by atoms with Crippen molar-refractivity contribution in [2.45, 2.75) is 48.0 Å². The summed E-state index contributed by atoms with van der Waals surface area (Å²) in [5.41, 5.74) is 4.59. The van der Waals surface area contributed by atoms with Gasteiger partial charge in [-0.05, 0) is 37.3 Å². The fourth-order valence-corrected chi connectivity index (χ4v) is 1.27. The Morgan fingerprint density at radius 2 is 2.00 bits per heavy atom. The Bertz CT molecular complexity index is 398. The van der Waals surface area contributed by atoms with E-state index in [-0.39, 0.29) is 5.41 Å². The minimum Gasteiger partial charge on any atom is -0.259 e. The van der Waals surface area contributed by atoms with E-state index in [9.17, 15) is 0 Å². The molecule has 0 saturated carbocycles. The third-order valence-corrected chi connectivity index (χ3v) is 2.88. The standard InChI is InChI=1S/C14H22N2/c1-7-12-8-10(2)13(9-15-12)16-11(3)14(4,5)6/h8-9H,7H2,1-6H3/b16-11+. The van der Waals surface area contributed by atoms with Crippen molar-refractivity contribution in [1.82, 2.24) is 4.98 Å². The first-order chi connectivity index (χ1) is 7.34. The van der Waals surface area contributed by atoms with Gasteiger partial charge in [-0.2, -0.15) is 0 Å². The molecule has 0 fully saturated rings. The summed E-state index contributed by atoms with van der Waals surface area (Å²) in [5, 5.41) is 0. The Balaban J connectivity index is 3.07. The zero-order valence-electron chi connectivity index (χ0n) is 11.3. The Morgan fingerprint density at radius 3 is 2.44 bits per heavy atom. The summed E-state index contributed by atoms with van der Waals surface area (Å²) >= 11 is 0. The monoisotopic (exact) mass is 218 g/mol. The lowest BCUT2D eigenvalue weighted by Gasteiger charge is -2.18. The Labute approximate surface area is 98.8 Å². The first-order valence-electron chi connectivity index (χ1n) is 5.86. The number of aryl methyl sites for hydroxylation is 2. The van der Waals surface area contributed by atoms with Gasteiger partial charge in [0, 0.05) is 11.4 Å². The van der Waals surface area contributed by atoms with E-state index in [1.165, 1.54) is 5.56 Å². The number of nitrogens with zero attached hydrogens (tertiary/aromatic N) is 2. The van der Waals surface area contributed by atoms with Crippen molar-refractivity contribution in [1.29, 1.82) is 0 Å². The predicted octanol–water partition coefficient (Wildman–Crippen LogP) is 4.09. The second-order valence-electron chi connectivity index (χ2n) is 5.26. The van der Waals surface area contributed by atoms with Crippen LogP contribution in [0.25, 0.3) is 0 Å². The average Bonchev–Trinajstić information content (AvgIpc) is 2.19. The smallest absolute Gasteiger partial charge is 0.0841 e. The maximum atomic E-state index is 4.66. The van der Waals surface area contributed by atoms with E-state index >= 15 is 0 Å². The van der Waals surface area contributed by atoms with E-state index in [1.54, 1.807) is 0 Å². The van der Waals surface area contributed by atoms with E-state index in [0.29, 0.717) is 0 Å². The van der Waals surface area contributed by atoms with Crippen LogP contribution in [0.2, 0.25) is 0 Å². The molecule has 1 heterocycles. The summed E-state index contributed by atoms with van der Waals surface area (Å²) in [7, 11) is 0. The summed E-state index contributed by atoms with van der Waals surface area (Å²) in [5.74, 6) is 0. The predicted molar refractivity (Wildman–Crippen MR) is 70.6 cm³/mol. The van der Waals surface area contributed by atoms with Gasteiger partial charge < -0.3 is 0 Å². The molecule has 16 heavy (non-hydrogen) atoms. The van der Waals surface area contributed by atoms with Crippen molar-refractivity contribution in [2.24, 2.45) is 10.4 Å². The molecule has 0 aliphatic heterocycles. The van der Waals surface area contributed by atoms with Gasteiger partial charge in [0.15, 0.2) is 0 Å². The van der Waals surface area contributed by atoms with Gasteiger partial charge in [0.25, 0.3) is 0 Å². The van der Waals surface area contributed by atoms with Gasteiger partial charge in [-0.3, -0.25) is 9.98 Å². The van der Waals surface area contributed by atoms with E-state index in [2.05, 4.69) is 57.6 Å². The lowest BCUT2D eigenvalue weighted by Crippen LogP contribution is -2.16. The number of aromatic nitrogens is 1. The first-order valence-corrected chi connectivity index (χ1v) is 5.86. The van der Waals surface area contributed by atoms with Gasteiger partial charge in [-0.15, -0.1) is 0 Å². The van der Waals surface area contributed by atoms with Crippen molar-refractivity contribution < 1.29 is 0 Å². The Kier molecular flexibility index (Phi) is 3.84. The molecule has 0 aromatic carbocycles. The maximum absolute atomic E-state index is 4.66. The quantitative estimate of drug-likeness (QED) is 0.686. The molecule has 0 saturated heterocycles. The van der Waals surface area contributed by atoms with Crippen LogP contribution < -0.4 is 0 Å². The van der Waals surface area contributed by atoms with E-state index in [0.717, 1.165) is 23.5 Å². The van der Waals surface area contributed by atoms with Crippen LogP contribution in [0.4, 0.5) is 5.69 Å². The fourth-order valence-electron chi connectivity index (χ4n) is 1.27. The summed E-state index contributed by atoms with van der Waals surface area (Å²) in [6.45, 7) is 12.8. The molecule has 2 heteroatoms. The molecule has 88 valence electrons. The summed E-state index contributed by atoms with van der Waals surface area (Å²) in [4.78, 5) is 9.05. The maximum Gasteiger partial charge on any atom is 0.0841 e. The molecule has 2 nitrogen and oxygen atoms in total. The van der Waals surface area contributed by atoms with E-state index in [1.807, 2.05) is 6.20 Å². The highest BCUT2D eigenvalue weighted by molar-refractivity contribution is 5.89. The summed E-state index contributed by atoms with van der Waals surface area (Å²) in [6, 6.07) is 2.12. The van der Waals surface area contributed by atoms with Crippen molar-refractivity contribution in [3.8, 4) is 0 Å². The zero-order chi connectivity index (χ0) is 12.3. The molecule has 0 aliphatic rings. The first kappa shape index (κ1) is 12.9. The number of hydrogen-bond acceptors (Lipinski definition) is 2. The molecule has 0 spiro atoms. The van der Waals surface area contributed by atoms with Gasteiger partial charge >= 0.3 is 0 Å². The lowest BCUT2D eigenvalue weighted by molar-refractivity contribution is 0.588. The van der Waals surface area contributed by atoms with Gasteiger partial charge in [0.05, 0.1) is 11.9 Å². The second-order valence-corrected chi connectivity index (χ2v) is 5.26. The zero-order valence-corrected chi connectivity index (χ0v) is 11.3. The number of rotatable bonds is 2.